The highest BCUT2D eigenvalue weighted by Gasteiger charge is 2.06. The zero-order valence-corrected chi connectivity index (χ0v) is 9.40. The van der Waals surface area contributed by atoms with Gasteiger partial charge in [0.25, 0.3) is 0 Å². The average molecular weight is 224 g/mol. The van der Waals surface area contributed by atoms with Gasteiger partial charge < -0.3 is 0 Å². The summed E-state index contributed by atoms with van der Waals surface area (Å²) in [5, 5.41) is 9.22. The van der Waals surface area contributed by atoms with E-state index in [0.29, 0.717) is 28.2 Å². The fraction of sp³-hybridized carbons (Fsp3) is 0.250. The van der Waals surface area contributed by atoms with Gasteiger partial charge in [-0.15, -0.1) is 0 Å². The number of benzene rings is 1. The summed E-state index contributed by atoms with van der Waals surface area (Å²) in [6, 6.07) is 6.62. The van der Waals surface area contributed by atoms with E-state index in [1.165, 1.54) is 6.07 Å². The number of rotatable bonds is 2. The van der Waals surface area contributed by atoms with Crippen molar-refractivity contribution in [3.63, 3.8) is 0 Å². The maximum Gasteiger partial charge on any atom is 0.126 e. The fourth-order valence-electron chi connectivity index (χ4n) is 1.24. The molecule has 0 saturated carbocycles. The third-order valence-electron chi connectivity index (χ3n) is 2.16. The lowest BCUT2D eigenvalue weighted by atomic mass is 10.1. The summed E-state index contributed by atoms with van der Waals surface area (Å²) in [4.78, 5) is 0. The largest absolute Gasteiger partial charge is 0.207 e. The minimum absolute atomic E-state index is 0.266. The molecular formula is C12H11ClFN. The smallest absolute Gasteiger partial charge is 0.126 e. The van der Waals surface area contributed by atoms with Crippen LogP contribution in [0, 0.1) is 24.1 Å². The van der Waals surface area contributed by atoms with Crippen LogP contribution in [-0.4, -0.2) is 0 Å². The molecule has 1 aromatic rings. The molecule has 0 aliphatic heterocycles. The molecule has 0 aromatic heterocycles. The normalized spacial score (nSPS) is 11.9. The Bertz CT molecular complexity index is 443. The third kappa shape index (κ3) is 2.57. The van der Waals surface area contributed by atoms with Crippen molar-refractivity contribution in [3.8, 4) is 6.07 Å². The molecule has 0 aliphatic carbocycles. The Morgan fingerprint density at radius 3 is 2.67 bits per heavy atom. The first-order chi connectivity index (χ1) is 7.10. The van der Waals surface area contributed by atoms with E-state index in [1.54, 1.807) is 19.1 Å². The molecule has 1 rings (SSSR count). The van der Waals surface area contributed by atoms with Crippen molar-refractivity contribution in [2.45, 2.75) is 20.3 Å². The second kappa shape index (κ2) is 4.95. The molecule has 15 heavy (non-hydrogen) atoms. The van der Waals surface area contributed by atoms with Gasteiger partial charge in [0.15, 0.2) is 0 Å². The van der Waals surface area contributed by atoms with E-state index in [9.17, 15) is 4.39 Å². The second-order valence-corrected chi connectivity index (χ2v) is 3.60. The predicted octanol–water partition coefficient (Wildman–Crippen LogP) is 4.02. The van der Waals surface area contributed by atoms with Gasteiger partial charge in [0.05, 0.1) is 11.1 Å². The van der Waals surface area contributed by atoms with Gasteiger partial charge in [-0.1, -0.05) is 24.6 Å². The van der Waals surface area contributed by atoms with E-state index in [4.69, 9.17) is 16.9 Å². The van der Waals surface area contributed by atoms with Crippen molar-refractivity contribution >= 4 is 16.6 Å². The zero-order chi connectivity index (χ0) is 11.4. The number of aryl methyl sites for hydroxylation is 1. The number of halogens is 2. The van der Waals surface area contributed by atoms with E-state index in [-0.39, 0.29) is 5.82 Å². The Labute approximate surface area is 93.8 Å². The minimum Gasteiger partial charge on any atom is -0.207 e. The predicted molar refractivity (Wildman–Crippen MR) is 59.8 cm³/mol. The summed E-state index contributed by atoms with van der Waals surface area (Å²) in [7, 11) is 0. The molecule has 3 heteroatoms. The van der Waals surface area contributed by atoms with Gasteiger partial charge in [0.2, 0.25) is 0 Å². The highest BCUT2D eigenvalue weighted by atomic mass is 35.5. The van der Waals surface area contributed by atoms with Crippen molar-refractivity contribution in [1.29, 1.82) is 5.26 Å². The molecule has 0 bridgehead atoms. The molecule has 0 N–H and O–H groups in total. The molecule has 0 saturated heterocycles. The van der Waals surface area contributed by atoms with Gasteiger partial charge in [-0.05, 0) is 36.6 Å². The summed E-state index contributed by atoms with van der Waals surface area (Å²) in [5.74, 6) is -0.266. The van der Waals surface area contributed by atoms with Crippen LogP contribution < -0.4 is 0 Å². The third-order valence-corrected chi connectivity index (χ3v) is 2.61. The number of hydrogen-bond donors (Lipinski definition) is 0. The topological polar surface area (TPSA) is 23.8 Å². The first kappa shape index (κ1) is 11.7. The van der Waals surface area contributed by atoms with Crippen LogP contribution in [0.3, 0.4) is 0 Å². The quantitative estimate of drug-likeness (QED) is 0.695. The first-order valence-corrected chi connectivity index (χ1v) is 5.03. The van der Waals surface area contributed by atoms with Crippen LogP contribution in [0.25, 0.3) is 5.03 Å². The van der Waals surface area contributed by atoms with E-state index in [1.807, 2.05) is 13.0 Å². The van der Waals surface area contributed by atoms with Crippen molar-refractivity contribution in [2.24, 2.45) is 0 Å². The Hall–Kier alpha value is -1.33. The van der Waals surface area contributed by atoms with Crippen LogP contribution in [0.2, 0.25) is 0 Å². The Kier molecular flexibility index (Phi) is 3.88. The Morgan fingerprint density at radius 2 is 2.20 bits per heavy atom. The maximum atomic E-state index is 13.0. The molecule has 0 atom stereocenters. The lowest BCUT2D eigenvalue weighted by Gasteiger charge is -2.04. The van der Waals surface area contributed by atoms with Crippen LogP contribution in [-0.2, 0) is 0 Å². The van der Waals surface area contributed by atoms with Crippen LogP contribution in [0.15, 0.2) is 23.8 Å². The van der Waals surface area contributed by atoms with Gasteiger partial charge in [-0.3, -0.25) is 0 Å². The minimum atomic E-state index is -0.266. The summed E-state index contributed by atoms with van der Waals surface area (Å²) < 4.78 is 13.0. The van der Waals surface area contributed by atoms with E-state index in [2.05, 4.69) is 0 Å². The van der Waals surface area contributed by atoms with E-state index < -0.39 is 0 Å². The molecule has 0 aliphatic rings. The number of hydrogen-bond acceptors (Lipinski definition) is 1. The first-order valence-electron chi connectivity index (χ1n) is 4.65. The second-order valence-electron chi connectivity index (χ2n) is 3.22. The van der Waals surface area contributed by atoms with Crippen LogP contribution in [0.5, 0.6) is 0 Å². The highest BCUT2D eigenvalue weighted by Crippen LogP contribution is 2.25. The van der Waals surface area contributed by atoms with Crippen LogP contribution >= 0.6 is 11.6 Å². The molecule has 78 valence electrons. The van der Waals surface area contributed by atoms with Crippen LogP contribution in [0.1, 0.15) is 24.5 Å². The SMILES string of the molecule is CC/C(C#N)=C(/Cl)c1ccc(F)c(C)c1. The van der Waals surface area contributed by atoms with Crippen molar-refractivity contribution in [1.82, 2.24) is 0 Å². The summed E-state index contributed by atoms with van der Waals surface area (Å²) >= 11 is 6.03. The average Bonchev–Trinajstić information content (AvgIpc) is 2.23. The van der Waals surface area contributed by atoms with Gasteiger partial charge in [-0.2, -0.15) is 5.26 Å². The number of nitrogens with zero attached hydrogens (tertiary/aromatic N) is 1. The maximum absolute atomic E-state index is 13.0. The fourth-order valence-corrected chi connectivity index (χ4v) is 1.53. The molecule has 0 heterocycles. The summed E-state index contributed by atoms with van der Waals surface area (Å²) in [5.41, 5.74) is 1.73. The molecule has 1 nitrogen and oxygen atoms in total. The van der Waals surface area contributed by atoms with E-state index in [0.717, 1.165) is 0 Å². The molecule has 0 radical (unpaired) electrons. The number of nitriles is 1. The zero-order valence-electron chi connectivity index (χ0n) is 8.64. The summed E-state index contributed by atoms with van der Waals surface area (Å²) in [6.45, 7) is 3.53. The lowest BCUT2D eigenvalue weighted by Crippen LogP contribution is -1.87. The summed E-state index contributed by atoms with van der Waals surface area (Å²) in [6.07, 6.45) is 0.575. The van der Waals surface area contributed by atoms with Gasteiger partial charge in [-0.25, -0.2) is 4.39 Å². The monoisotopic (exact) mass is 223 g/mol. The Balaban J connectivity index is 3.24. The Morgan fingerprint density at radius 1 is 1.53 bits per heavy atom. The van der Waals surface area contributed by atoms with Crippen LogP contribution in [0.4, 0.5) is 4.39 Å². The van der Waals surface area contributed by atoms with Crippen molar-refractivity contribution in [2.75, 3.05) is 0 Å². The highest BCUT2D eigenvalue weighted by molar-refractivity contribution is 6.49. The molecule has 0 amide bonds. The molecule has 0 unspecified atom stereocenters. The molecular weight excluding hydrogens is 213 g/mol. The lowest BCUT2D eigenvalue weighted by molar-refractivity contribution is 0.618. The van der Waals surface area contributed by atoms with Gasteiger partial charge >= 0.3 is 0 Å². The van der Waals surface area contributed by atoms with Gasteiger partial charge in [0, 0.05) is 5.57 Å². The van der Waals surface area contributed by atoms with Gasteiger partial charge in [0.1, 0.15) is 5.82 Å². The van der Waals surface area contributed by atoms with E-state index >= 15 is 0 Å². The standard InChI is InChI=1S/C12H11ClFN/c1-3-9(7-15)12(13)10-4-5-11(14)8(2)6-10/h4-6H,3H2,1-2H3/b12-9-. The number of allylic oxidation sites excluding steroid dienone is 1. The van der Waals surface area contributed by atoms with Crippen molar-refractivity contribution < 1.29 is 4.39 Å². The molecule has 0 fully saturated rings. The van der Waals surface area contributed by atoms with Crippen molar-refractivity contribution in [3.05, 3.63) is 40.7 Å². The molecule has 0 spiro atoms. The molecule has 1 aromatic carbocycles.